The first-order chi connectivity index (χ1) is 6.74. The molecule has 0 amide bonds. The van der Waals surface area contributed by atoms with Gasteiger partial charge in [-0.25, -0.2) is 0 Å². The molecule has 0 aromatic carbocycles. The van der Waals surface area contributed by atoms with Gasteiger partial charge in [0.2, 0.25) is 0 Å². The van der Waals surface area contributed by atoms with E-state index in [1.807, 2.05) is 0 Å². The Hall–Kier alpha value is 0.660. The van der Waals surface area contributed by atoms with E-state index in [1.54, 1.807) is 0 Å². The van der Waals surface area contributed by atoms with Crippen molar-refractivity contribution < 1.29 is 4.74 Å². The van der Waals surface area contributed by atoms with Crippen molar-refractivity contribution in [3.8, 4) is 0 Å². The second-order valence-corrected chi connectivity index (χ2v) is 7.65. The second-order valence-electron chi connectivity index (χ2n) is 5.74. The normalized spacial score (nSPS) is 38.0. The molecule has 1 saturated heterocycles. The summed E-state index contributed by atoms with van der Waals surface area (Å²) < 4.78 is 8.85. The summed E-state index contributed by atoms with van der Waals surface area (Å²) in [5.41, 5.74) is 0.00176. The molecule has 0 bridgehead atoms. The third kappa shape index (κ3) is 1.96. The SMILES string of the molecule is CC1(C)OC(C)(C)C2CC(Br)=C(Br)CC21. The molecule has 1 aliphatic heterocycles. The topological polar surface area (TPSA) is 9.23 Å². The van der Waals surface area contributed by atoms with Crippen molar-refractivity contribution in [2.24, 2.45) is 11.8 Å². The van der Waals surface area contributed by atoms with E-state index in [9.17, 15) is 0 Å². The van der Waals surface area contributed by atoms with Gasteiger partial charge in [0.05, 0.1) is 11.2 Å². The second kappa shape index (κ2) is 3.58. The zero-order chi connectivity index (χ0) is 11.4. The maximum Gasteiger partial charge on any atom is 0.0669 e. The number of hydrogen-bond acceptors (Lipinski definition) is 1. The molecule has 1 aliphatic carbocycles. The lowest BCUT2D eigenvalue weighted by atomic mass is 9.71. The number of allylic oxidation sites excluding steroid dienone is 2. The Morgan fingerprint density at radius 2 is 1.27 bits per heavy atom. The van der Waals surface area contributed by atoms with E-state index in [4.69, 9.17) is 4.74 Å². The van der Waals surface area contributed by atoms with Crippen LogP contribution in [0.5, 0.6) is 0 Å². The summed E-state index contributed by atoms with van der Waals surface area (Å²) in [4.78, 5) is 0. The number of hydrogen-bond donors (Lipinski definition) is 0. The van der Waals surface area contributed by atoms with Gasteiger partial charge in [0.15, 0.2) is 0 Å². The van der Waals surface area contributed by atoms with E-state index >= 15 is 0 Å². The van der Waals surface area contributed by atoms with Crippen molar-refractivity contribution in [1.82, 2.24) is 0 Å². The number of rotatable bonds is 0. The molecule has 0 aromatic heterocycles. The van der Waals surface area contributed by atoms with Crippen LogP contribution in [0.4, 0.5) is 0 Å². The minimum Gasteiger partial charge on any atom is -0.369 e. The standard InChI is InChI=1S/C12H18Br2O/c1-11(2)7-5-9(13)10(14)6-8(7)12(3,4)15-11/h7-8H,5-6H2,1-4H3. The predicted molar refractivity (Wildman–Crippen MR) is 70.3 cm³/mol. The predicted octanol–water partition coefficient (Wildman–Crippen LogP) is 4.60. The zero-order valence-corrected chi connectivity index (χ0v) is 12.9. The van der Waals surface area contributed by atoms with E-state index in [-0.39, 0.29) is 11.2 Å². The van der Waals surface area contributed by atoms with Crippen molar-refractivity contribution in [2.75, 3.05) is 0 Å². The highest BCUT2D eigenvalue weighted by molar-refractivity contribution is 9.14. The summed E-state index contributed by atoms with van der Waals surface area (Å²) in [6.45, 7) is 8.88. The van der Waals surface area contributed by atoms with Gasteiger partial charge in [-0.05, 0) is 52.4 Å². The van der Waals surface area contributed by atoms with E-state index in [2.05, 4.69) is 59.6 Å². The van der Waals surface area contributed by atoms with Gasteiger partial charge < -0.3 is 4.74 Å². The molecule has 1 heterocycles. The lowest BCUT2D eigenvalue weighted by molar-refractivity contribution is -0.0800. The minimum absolute atomic E-state index is 0.000880. The molecule has 3 heteroatoms. The van der Waals surface area contributed by atoms with Gasteiger partial charge in [-0.15, -0.1) is 0 Å². The van der Waals surface area contributed by atoms with Crippen LogP contribution >= 0.6 is 31.9 Å². The molecule has 1 nitrogen and oxygen atoms in total. The quantitative estimate of drug-likeness (QED) is 0.627. The Kier molecular flexibility index (Phi) is 2.89. The van der Waals surface area contributed by atoms with Crippen LogP contribution in [0.25, 0.3) is 0 Å². The zero-order valence-electron chi connectivity index (χ0n) is 9.73. The average molecular weight is 338 g/mol. The van der Waals surface area contributed by atoms with Crippen molar-refractivity contribution in [3.05, 3.63) is 8.96 Å². The Balaban J connectivity index is 2.36. The molecule has 2 atom stereocenters. The van der Waals surface area contributed by atoms with Crippen molar-refractivity contribution in [2.45, 2.75) is 51.7 Å². The first-order valence-corrected chi connectivity index (χ1v) is 7.06. The summed E-state index contributed by atoms with van der Waals surface area (Å²) in [5.74, 6) is 1.26. The first-order valence-electron chi connectivity index (χ1n) is 5.47. The van der Waals surface area contributed by atoms with Crippen LogP contribution in [-0.2, 0) is 4.74 Å². The largest absolute Gasteiger partial charge is 0.369 e. The van der Waals surface area contributed by atoms with Gasteiger partial charge >= 0.3 is 0 Å². The lowest BCUT2D eigenvalue weighted by Crippen LogP contribution is -2.32. The van der Waals surface area contributed by atoms with Gasteiger partial charge in [0.25, 0.3) is 0 Å². The molecular weight excluding hydrogens is 320 g/mol. The number of halogens is 2. The Bertz CT molecular complexity index is 288. The summed E-state index contributed by atoms with van der Waals surface area (Å²) >= 11 is 7.31. The average Bonchev–Trinajstić information content (AvgIpc) is 2.21. The third-order valence-electron chi connectivity index (χ3n) is 3.89. The molecular formula is C12H18Br2O. The Labute approximate surface area is 109 Å². The highest BCUT2D eigenvalue weighted by atomic mass is 79.9. The fourth-order valence-electron chi connectivity index (χ4n) is 3.18. The summed E-state index contributed by atoms with van der Waals surface area (Å²) in [6.07, 6.45) is 2.20. The molecule has 2 aliphatic rings. The lowest BCUT2D eigenvalue weighted by Gasteiger charge is -2.33. The molecule has 0 aromatic rings. The Morgan fingerprint density at radius 1 is 0.933 bits per heavy atom. The van der Waals surface area contributed by atoms with Crippen LogP contribution in [0.2, 0.25) is 0 Å². The van der Waals surface area contributed by atoms with Gasteiger partial charge in [0.1, 0.15) is 0 Å². The van der Waals surface area contributed by atoms with Crippen LogP contribution in [0, 0.1) is 11.8 Å². The molecule has 86 valence electrons. The van der Waals surface area contributed by atoms with Crippen molar-refractivity contribution in [1.29, 1.82) is 0 Å². The van der Waals surface area contributed by atoms with Crippen LogP contribution in [0.1, 0.15) is 40.5 Å². The van der Waals surface area contributed by atoms with Crippen molar-refractivity contribution in [3.63, 3.8) is 0 Å². The van der Waals surface area contributed by atoms with Gasteiger partial charge in [-0.1, -0.05) is 31.9 Å². The molecule has 0 saturated carbocycles. The molecule has 2 rings (SSSR count). The van der Waals surface area contributed by atoms with Gasteiger partial charge in [-0.3, -0.25) is 0 Å². The Morgan fingerprint density at radius 3 is 1.60 bits per heavy atom. The van der Waals surface area contributed by atoms with Crippen LogP contribution in [-0.4, -0.2) is 11.2 Å². The third-order valence-corrected chi connectivity index (χ3v) is 6.03. The fourth-order valence-corrected chi connectivity index (χ4v) is 4.20. The van der Waals surface area contributed by atoms with Crippen LogP contribution < -0.4 is 0 Å². The van der Waals surface area contributed by atoms with Crippen LogP contribution in [0.15, 0.2) is 8.96 Å². The highest BCUT2D eigenvalue weighted by Crippen LogP contribution is 2.55. The maximum absolute atomic E-state index is 6.21. The van der Waals surface area contributed by atoms with Gasteiger partial charge in [0, 0.05) is 8.96 Å². The maximum atomic E-state index is 6.21. The number of fused-ring (bicyclic) bond motifs is 1. The molecule has 15 heavy (non-hydrogen) atoms. The molecule has 0 spiro atoms. The smallest absolute Gasteiger partial charge is 0.0669 e. The minimum atomic E-state index is 0.000880. The van der Waals surface area contributed by atoms with E-state index in [0.717, 1.165) is 12.8 Å². The van der Waals surface area contributed by atoms with Gasteiger partial charge in [-0.2, -0.15) is 0 Å². The van der Waals surface area contributed by atoms with E-state index in [0.29, 0.717) is 11.8 Å². The summed E-state index contributed by atoms with van der Waals surface area (Å²) in [6, 6.07) is 0. The van der Waals surface area contributed by atoms with E-state index < -0.39 is 0 Å². The molecule has 1 fully saturated rings. The fraction of sp³-hybridized carbons (Fsp3) is 0.833. The summed E-state index contributed by atoms with van der Waals surface area (Å²) in [7, 11) is 0. The molecule has 0 N–H and O–H groups in total. The molecule has 0 radical (unpaired) electrons. The van der Waals surface area contributed by atoms with Crippen LogP contribution in [0.3, 0.4) is 0 Å². The monoisotopic (exact) mass is 336 g/mol. The van der Waals surface area contributed by atoms with Crippen molar-refractivity contribution >= 4 is 31.9 Å². The summed E-state index contributed by atoms with van der Waals surface area (Å²) in [5, 5.41) is 0. The molecule has 2 unspecified atom stereocenters. The van der Waals surface area contributed by atoms with E-state index in [1.165, 1.54) is 8.96 Å². The number of ether oxygens (including phenoxy) is 1. The first kappa shape index (κ1) is 12.1. The highest BCUT2D eigenvalue weighted by Gasteiger charge is 2.54.